The minimum Gasteiger partial charge on any atom is -0.489 e. The van der Waals surface area contributed by atoms with Gasteiger partial charge in [0.2, 0.25) is 0 Å². The molecule has 2 aromatic rings. The first kappa shape index (κ1) is 22.5. The summed E-state index contributed by atoms with van der Waals surface area (Å²) in [6.45, 7) is 3.78. The van der Waals surface area contributed by atoms with E-state index in [1.165, 1.54) is 12.5 Å². The molecule has 0 spiro atoms. The molecule has 0 saturated heterocycles. The maximum Gasteiger partial charge on any atom is 0.302 e. The number of pyridine rings is 1. The Morgan fingerprint density at radius 3 is 2.91 bits per heavy atom. The van der Waals surface area contributed by atoms with E-state index in [2.05, 4.69) is 36.2 Å². The third kappa shape index (κ3) is 3.61. The quantitative estimate of drug-likeness (QED) is 0.655. The topological polar surface area (TPSA) is 85.7 Å². The van der Waals surface area contributed by atoms with E-state index in [9.17, 15) is 14.7 Å². The third-order valence-electron chi connectivity index (χ3n) is 8.85. The van der Waals surface area contributed by atoms with Crippen LogP contribution in [-0.2, 0) is 19.1 Å². The van der Waals surface area contributed by atoms with Crippen LogP contribution >= 0.6 is 0 Å². The van der Waals surface area contributed by atoms with E-state index in [-0.39, 0.29) is 53.7 Å². The number of allylic oxidation sites excluding steroid dienone is 3. The molecule has 6 heteroatoms. The van der Waals surface area contributed by atoms with Gasteiger partial charge in [0.15, 0.2) is 5.78 Å². The molecule has 1 N–H and O–H groups in total. The summed E-state index contributed by atoms with van der Waals surface area (Å²) in [6, 6.07) is 8.48. The summed E-state index contributed by atoms with van der Waals surface area (Å²) in [5.41, 5.74) is 2.90. The number of nitrogens with zero attached hydrogens (tertiary/aromatic N) is 1. The Balaban J connectivity index is 1.38. The van der Waals surface area contributed by atoms with Crippen LogP contribution in [0.3, 0.4) is 0 Å². The summed E-state index contributed by atoms with van der Waals surface area (Å²) in [4.78, 5) is 29.2. The Labute approximate surface area is 205 Å². The van der Waals surface area contributed by atoms with Crippen molar-refractivity contribution in [2.45, 2.75) is 64.1 Å². The fourth-order valence-corrected chi connectivity index (χ4v) is 7.18. The molecule has 2 heterocycles. The van der Waals surface area contributed by atoms with Crippen LogP contribution in [0.2, 0.25) is 0 Å². The summed E-state index contributed by atoms with van der Waals surface area (Å²) in [5.74, 6) is 0.639. The van der Waals surface area contributed by atoms with Crippen molar-refractivity contribution in [3.8, 4) is 0 Å². The number of benzene rings is 1. The van der Waals surface area contributed by atoms with E-state index >= 15 is 0 Å². The standard InChI is InChI=1S/C29H31NO5/c1-16(32)34-26-13-23-28-20(12-22-24(33)9-17(15-31)10-25(22)35-28)5-7-29(23,2)27(26)19-4-3-18-6-8-30-14-21(18)11-19/h3-4,6,8,11-12,14,17,23,26-28,31H,5,7,9-10,13,15H2,1-2H3/t17?,23-,26?,27-,28+,29-/m0/s1. The minimum atomic E-state index is -0.265. The molecular weight excluding hydrogens is 442 g/mol. The summed E-state index contributed by atoms with van der Waals surface area (Å²) in [7, 11) is 0. The number of aliphatic hydroxyl groups excluding tert-OH is 1. The zero-order valence-electron chi connectivity index (χ0n) is 20.2. The highest BCUT2D eigenvalue weighted by molar-refractivity contribution is 6.00. The molecular formula is C29H31NO5. The van der Waals surface area contributed by atoms with Gasteiger partial charge in [-0.1, -0.05) is 19.1 Å². The Kier molecular flexibility index (Phi) is 5.33. The van der Waals surface area contributed by atoms with Crippen LogP contribution in [0.1, 0.15) is 57.4 Å². The maximum atomic E-state index is 12.7. The molecule has 6 nitrogen and oxygen atoms in total. The van der Waals surface area contributed by atoms with Gasteiger partial charge in [0.05, 0.1) is 5.57 Å². The van der Waals surface area contributed by atoms with Gasteiger partial charge in [-0.25, -0.2) is 0 Å². The number of ketones is 1. The van der Waals surface area contributed by atoms with Crippen molar-refractivity contribution in [2.24, 2.45) is 17.3 Å². The van der Waals surface area contributed by atoms with Crippen LogP contribution in [0, 0.1) is 17.3 Å². The Hall–Kier alpha value is -2.99. The van der Waals surface area contributed by atoms with Crippen LogP contribution in [0.25, 0.3) is 10.8 Å². The molecule has 1 aromatic carbocycles. The molecule has 3 aliphatic carbocycles. The molecule has 1 aliphatic heterocycles. The van der Waals surface area contributed by atoms with Crippen LogP contribution in [0.5, 0.6) is 0 Å². The molecule has 6 atom stereocenters. The van der Waals surface area contributed by atoms with E-state index < -0.39 is 0 Å². The highest BCUT2D eigenvalue weighted by Gasteiger charge is 2.60. The van der Waals surface area contributed by atoms with Crippen molar-refractivity contribution in [2.75, 3.05) is 6.61 Å². The van der Waals surface area contributed by atoms with Crippen LogP contribution < -0.4 is 0 Å². The lowest BCUT2D eigenvalue weighted by Gasteiger charge is -2.48. The number of aliphatic hydroxyl groups is 1. The van der Waals surface area contributed by atoms with Gasteiger partial charge in [0.25, 0.3) is 0 Å². The highest BCUT2D eigenvalue weighted by atomic mass is 16.5. The summed E-state index contributed by atoms with van der Waals surface area (Å²) in [5, 5.41) is 11.9. The van der Waals surface area contributed by atoms with Crippen LogP contribution in [0.4, 0.5) is 0 Å². The zero-order valence-corrected chi connectivity index (χ0v) is 20.2. The van der Waals surface area contributed by atoms with Gasteiger partial charge < -0.3 is 14.6 Å². The van der Waals surface area contributed by atoms with Crippen molar-refractivity contribution in [1.29, 1.82) is 0 Å². The monoisotopic (exact) mass is 473 g/mol. The molecule has 35 heavy (non-hydrogen) atoms. The van der Waals surface area contributed by atoms with Gasteiger partial charge in [-0.15, -0.1) is 0 Å². The minimum absolute atomic E-state index is 0.0122. The number of ether oxygens (including phenoxy) is 2. The predicted molar refractivity (Wildman–Crippen MR) is 130 cm³/mol. The van der Waals surface area contributed by atoms with Gasteiger partial charge in [-0.2, -0.15) is 0 Å². The number of hydrogen-bond acceptors (Lipinski definition) is 6. The number of carbonyl (C=O) groups excluding carboxylic acids is 2. The van der Waals surface area contributed by atoms with Gasteiger partial charge in [-0.05, 0) is 65.3 Å². The first-order valence-electron chi connectivity index (χ1n) is 12.6. The lowest BCUT2D eigenvalue weighted by Crippen LogP contribution is -2.44. The largest absolute Gasteiger partial charge is 0.489 e. The smallest absolute Gasteiger partial charge is 0.302 e. The second-order valence-corrected chi connectivity index (χ2v) is 10.9. The predicted octanol–water partition coefficient (Wildman–Crippen LogP) is 4.62. The molecule has 0 amide bonds. The van der Waals surface area contributed by atoms with E-state index in [0.717, 1.165) is 34.9 Å². The maximum absolute atomic E-state index is 12.7. The number of Topliss-reactive ketones (excluding diaryl/α,β-unsaturated/α-hetero) is 1. The zero-order chi connectivity index (χ0) is 24.3. The van der Waals surface area contributed by atoms with E-state index in [0.29, 0.717) is 24.8 Å². The first-order chi connectivity index (χ1) is 16.9. The second-order valence-electron chi connectivity index (χ2n) is 10.9. The van der Waals surface area contributed by atoms with Crippen LogP contribution in [-0.4, -0.2) is 40.7 Å². The number of hydrogen-bond donors (Lipinski definition) is 1. The van der Waals surface area contributed by atoms with Crippen molar-refractivity contribution in [3.05, 3.63) is 65.2 Å². The molecule has 4 aliphatic rings. The van der Waals surface area contributed by atoms with Gasteiger partial charge >= 0.3 is 5.97 Å². The van der Waals surface area contributed by atoms with E-state index in [1.54, 1.807) is 6.20 Å². The number of rotatable bonds is 3. The van der Waals surface area contributed by atoms with E-state index in [4.69, 9.17) is 9.47 Å². The number of carbonyl (C=O) groups is 2. The second kappa shape index (κ2) is 8.30. The SMILES string of the molecule is CC(=O)OC1C[C@H]2[C@@H]3OC4=C(C=C3CC[C@]2(C)[C@H]1c1ccc2ccncc2c1)C(=O)CC(CO)C4. The highest BCUT2D eigenvalue weighted by Crippen LogP contribution is 2.62. The number of esters is 1. The van der Waals surface area contributed by atoms with Gasteiger partial charge in [0.1, 0.15) is 18.0 Å². The Morgan fingerprint density at radius 2 is 2.11 bits per heavy atom. The number of fused-ring (bicyclic) bond motifs is 4. The van der Waals surface area contributed by atoms with Crippen molar-refractivity contribution in [3.63, 3.8) is 0 Å². The molecule has 1 aromatic heterocycles. The fraction of sp³-hybridized carbons (Fsp3) is 0.483. The molecule has 6 rings (SSSR count). The Bertz CT molecular complexity index is 1280. The van der Waals surface area contributed by atoms with Crippen molar-refractivity contribution in [1.82, 2.24) is 4.98 Å². The average molecular weight is 474 g/mol. The molecule has 0 bridgehead atoms. The lowest BCUT2D eigenvalue weighted by atomic mass is 9.61. The average Bonchev–Trinajstić information content (AvgIpc) is 3.14. The molecule has 2 unspecified atom stereocenters. The summed E-state index contributed by atoms with van der Waals surface area (Å²) >= 11 is 0. The first-order valence-corrected chi connectivity index (χ1v) is 12.6. The van der Waals surface area contributed by atoms with Gasteiger partial charge in [0, 0.05) is 56.0 Å². The molecule has 182 valence electrons. The molecule has 2 saturated carbocycles. The fourth-order valence-electron chi connectivity index (χ4n) is 7.18. The van der Waals surface area contributed by atoms with E-state index in [1.807, 2.05) is 12.3 Å². The number of aromatic nitrogens is 1. The summed E-state index contributed by atoms with van der Waals surface area (Å²) in [6.07, 6.45) is 8.84. The third-order valence-corrected chi connectivity index (χ3v) is 8.85. The normalized spacial score (nSPS) is 34.0. The molecule has 2 fully saturated rings. The Morgan fingerprint density at radius 1 is 1.26 bits per heavy atom. The van der Waals surface area contributed by atoms with Crippen LogP contribution in [0.15, 0.2) is 59.6 Å². The lowest BCUT2D eigenvalue weighted by molar-refractivity contribution is -0.147. The summed E-state index contributed by atoms with van der Waals surface area (Å²) < 4.78 is 12.6. The van der Waals surface area contributed by atoms with Crippen molar-refractivity contribution < 1.29 is 24.2 Å². The van der Waals surface area contributed by atoms with Crippen molar-refractivity contribution >= 4 is 22.5 Å². The van der Waals surface area contributed by atoms with Gasteiger partial charge in [-0.3, -0.25) is 14.6 Å². The molecule has 0 radical (unpaired) electrons.